The van der Waals surface area contributed by atoms with E-state index in [4.69, 9.17) is 0 Å². The lowest BCUT2D eigenvalue weighted by atomic mass is 9.81. The summed E-state index contributed by atoms with van der Waals surface area (Å²) in [4.78, 5) is 26.1. The van der Waals surface area contributed by atoms with E-state index < -0.39 is 33.1 Å². The van der Waals surface area contributed by atoms with Gasteiger partial charge in [0.1, 0.15) is 0 Å². The number of halogens is 3. The van der Waals surface area contributed by atoms with Gasteiger partial charge < -0.3 is 4.57 Å². The van der Waals surface area contributed by atoms with Gasteiger partial charge in [0.15, 0.2) is 5.78 Å². The largest absolute Gasteiger partial charge is 0.416 e. The number of aromatic nitrogens is 1. The Bertz CT molecular complexity index is 2530. The van der Waals surface area contributed by atoms with Crippen LogP contribution in [0.15, 0.2) is 143 Å². The van der Waals surface area contributed by atoms with Crippen molar-refractivity contribution >= 4 is 15.8 Å². The number of carbonyl (C=O) groups excluding carboxylic acids is 1. The first-order valence-corrected chi connectivity index (χ1v) is 19.9. The summed E-state index contributed by atoms with van der Waals surface area (Å²) >= 11 is 0. The van der Waals surface area contributed by atoms with Crippen LogP contribution in [0.1, 0.15) is 59.4 Å². The van der Waals surface area contributed by atoms with Gasteiger partial charge in [0.25, 0.3) is 5.56 Å². The zero-order valence-electron chi connectivity index (χ0n) is 30.2. The monoisotopic (exact) mass is 760 g/mol. The van der Waals surface area contributed by atoms with Gasteiger partial charge in [-0.3, -0.25) is 9.59 Å². The van der Waals surface area contributed by atoms with Gasteiger partial charge in [-0.1, -0.05) is 110 Å². The summed E-state index contributed by atoms with van der Waals surface area (Å²) < 4.78 is 70.0. The van der Waals surface area contributed by atoms with Gasteiger partial charge in [-0.15, -0.1) is 0 Å². The number of allylic oxidation sites excluding steroid dienone is 4. The van der Waals surface area contributed by atoms with Gasteiger partial charge in [-0.05, 0) is 87.7 Å². The Balaban J connectivity index is 0.898. The minimum Gasteiger partial charge on any atom is -0.306 e. The van der Waals surface area contributed by atoms with E-state index >= 15 is 0 Å². The number of rotatable bonds is 8. The van der Waals surface area contributed by atoms with Crippen LogP contribution in [0.3, 0.4) is 0 Å². The molecule has 0 N–H and O–H groups in total. The van der Waals surface area contributed by atoms with E-state index in [0.29, 0.717) is 37.1 Å². The van der Waals surface area contributed by atoms with Gasteiger partial charge in [0, 0.05) is 36.8 Å². The lowest BCUT2D eigenvalue weighted by Crippen LogP contribution is -2.38. The molecule has 3 aliphatic rings. The number of alkyl halides is 3. The molecule has 2 aliphatic carbocycles. The smallest absolute Gasteiger partial charge is 0.306 e. The van der Waals surface area contributed by atoms with Crippen molar-refractivity contribution in [1.29, 1.82) is 0 Å². The van der Waals surface area contributed by atoms with Gasteiger partial charge in [-0.2, -0.15) is 17.5 Å². The summed E-state index contributed by atoms with van der Waals surface area (Å²) in [6.07, 6.45) is 3.92. The highest BCUT2D eigenvalue weighted by Crippen LogP contribution is 2.40. The molecular weight excluding hydrogens is 722 g/mol. The lowest BCUT2D eigenvalue weighted by molar-refractivity contribution is -0.137. The normalized spacial score (nSPS) is 18.8. The molecule has 6 nitrogen and oxygen atoms in total. The topological polar surface area (TPSA) is 76.5 Å². The molecule has 0 amide bonds. The number of benzene rings is 4. The zero-order chi connectivity index (χ0) is 38.5. The number of pyridine rings is 1. The molecule has 8 rings (SSSR count). The standard InChI is InChI=1S/C45H39F3N2O4S/c1-29-23-36(14-16-40(29)35-6-4-7-38(26-35)45(46,47)48)43(51)28-49-27-39(15-18-44(49)52)55(53,54)50-21-19-32(20-22-50)30-9-11-31(12-10-30)33-13-17-42-37(24-33)25-34-5-2-3-8-41(34)42/h2-18,23-24,26-27,29,32,40H,19-22,25,28H2,1H3. The van der Waals surface area contributed by atoms with Gasteiger partial charge in [0.2, 0.25) is 10.0 Å². The first kappa shape index (κ1) is 36.6. The molecule has 2 heterocycles. The Morgan fingerprint density at radius 2 is 1.53 bits per heavy atom. The maximum Gasteiger partial charge on any atom is 0.416 e. The van der Waals surface area contributed by atoms with Crippen LogP contribution in [-0.2, 0) is 34.0 Å². The highest BCUT2D eigenvalue weighted by atomic mass is 32.2. The van der Waals surface area contributed by atoms with Crippen molar-refractivity contribution in [2.45, 2.75) is 55.6 Å². The molecule has 2 atom stereocenters. The number of sulfonamides is 1. The van der Waals surface area contributed by atoms with E-state index in [1.165, 1.54) is 56.0 Å². The molecule has 280 valence electrons. The molecule has 4 aromatic carbocycles. The van der Waals surface area contributed by atoms with E-state index in [1.54, 1.807) is 24.3 Å². The highest BCUT2D eigenvalue weighted by molar-refractivity contribution is 7.89. The van der Waals surface area contributed by atoms with Gasteiger partial charge in [-0.25, -0.2) is 8.42 Å². The molecule has 0 radical (unpaired) electrons. The van der Waals surface area contributed by atoms with E-state index in [2.05, 4.69) is 66.7 Å². The summed E-state index contributed by atoms with van der Waals surface area (Å²) in [7, 11) is -3.94. The Kier molecular flexibility index (Phi) is 9.59. The van der Waals surface area contributed by atoms with Crippen LogP contribution in [0.2, 0.25) is 0 Å². The average Bonchev–Trinajstić information content (AvgIpc) is 3.56. The van der Waals surface area contributed by atoms with Crippen molar-refractivity contribution in [2.75, 3.05) is 13.1 Å². The van der Waals surface area contributed by atoms with Crippen LogP contribution in [0.5, 0.6) is 0 Å². The maximum absolute atomic E-state index is 13.8. The average molecular weight is 761 g/mol. The number of fused-ring (bicyclic) bond motifs is 3. The van der Waals surface area contributed by atoms with Gasteiger partial charge >= 0.3 is 6.18 Å². The third-order valence-corrected chi connectivity index (χ3v) is 13.2. The van der Waals surface area contributed by atoms with Crippen LogP contribution in [0.25, 0.3) is 22.3 Å². The zero-order valence-corrected chi connectivity index (χ0v) is 31.0. The van der Waals surface area contributed by atoms with Crippen LogP contribution in [0, 0.1) is 5.92 Å². The predicted octanol–water partition coefficient (Wildman–Crippen LogP) is 9.16. The fraction of sp³-hybridized carbons (Fsp3) is 0.244. The van der Waals surface area contributed by atoms with Crippen molar-refractivity contribution in [2.24, 2.45) is 5.92 Å². The molecule has 1 saturated heterocycles. The second-order valence-electron chi connectivity index (χ2n) is 14.7. The fourth-order valence-corrected chi connectivity index (χ4v) is 9.72. The van der Waals surface area contributed by atoms with Crippen LogP contribution >= 0.6 is 0 Å². The molecule has 5 aromatic rings. The Morgan fingerprint density at radius 3 is 2.27 bits per heavy atom. The van der Waals surface area contributed by atoms with Crippen molar-refractivity contribution in [1.82, 2.24) is 8.87 Å². The van der Waals surface area contributed by atoms with Crippen molar-refractivity contribution < 1.29 is 26.4 Å². The first-order valence-electron chi connectivity index (χ1n) is 18.5. The molecule has 55 heavy (non-hydrogen) atoms. The van der Waals surface area contributed by atoms with Crippen molar-refractivity contribution in [3.05, 3.63) is 171 Å². The number of piperidine rings is 1. The van der Waals surface area contributed by atoms with E-state index in [9.17, 15) is 31.2 Å². The maximum atomic E-state index is 13.8. The lowest BCUT2D eigenvalue weighted by Gasteiger charge is -2.31. The molecule has 10 heteroatoms. The first-order chi connectivity index (χ1) is 26.3. The Hall–Kier alpha value is -5.32. The predicted molar refractivity (Wildman–Crippen MR) is 207 cm³/mol. The van der Waals surface area contributed by atoms with Crippen LogP contribution < -0.4 is 5.56 Å². The molecule has 2 unspecified atom stereocenters. The molecule has 1 fully saturated rings. The summed E-state index contributed by atoms with van der Waals surface area (Å²) in [6.45, 7) is 2.08. The fourth-order valence-electron chi connectivity index (χ4n) is 8.23. The third kappa shape index (κ3) is 7.28. The molecule has 0 saturated carbocycles. The summed E-state index contributed by atoms with van der Waals surface area (Å²) in [5.74, 6) is -0.863. The van der Waals surface area contributed by atoms with E-state index in [1.807, 2.05) is 6.92 Å². The van der Waals surface area contributed by atoms with Crippen LogP contribution in [-0.4, -0.2) is 36.2 Å². The number of hydrogen-bond donors (Lipinski definition) is 0. The molecule has 0 bridgehead atoms. The highest BCUT2D eigenvalue weighted by Gasteiger charge is 2.33. The number of Topliss-reactive ketones (excluding diaryl/α,β-unsaturated/α-hetero) is 1. The number of ketones is 1. The summed E-state index contributed by atoms with van der Waals surface area (Å²) in [6, 6.07) is 31.3. The van der Waals surface area contributed by atoms with Crippen molar-refractivity contribution in [3.8, 4) is 22.3 Å². The van der Waals surface area contributed by atoms with Gasteiger partial charge in [0.05, 0.1) is 17.0 Å². The van der Waals surface area contributed by atoms with E-state index in [0.717, 1.165) is 34.8 Å². The SMILES string of the molecule is CC1C=C(C(=O)Cn2cc(S(=O)(=O)N3CCC(c4ccc(-c5ccc6c(c5)Cc5ccccc5-6)cc4)CC3)ccc2=O)C=CC1c1cccc(C(F)(F)F)c1. The third-order valence-electron chi connectivity index (χ3n) is 11.3. The minimum atomic E-state index is -4.47. The molecule has 0 spiro atoms. The molecule has 1 aliphatic heterocycles. The molecular formula is C45H39F3N2O4S. The van der Waals surface area contributed by atoms with Crippen LogP contribution in [0.4, 0.5) is 13.2 Å². The summed E-state index contributed by atoms with van der Waals surface area (Å²) in [5, 5.41) is 0. The quantitative estimate of drug-likeness (QED) is 0.155. The van der Waals surface area contributed by atoms with Crippen molar-refractivity contribution in [3.63, 3.8) is 0 Å². The second-order valence-corrected chi connectivity index (χ2v) is 16.7. The Labute approximate surface area is 318 Å². The number of nitrogens with zero attached hydrogens (tertiary/aromatic N) is 2. The Morgan fingerprint density at radius 1 is 0.800 bits per heavy atom. The second kappa shape index (κ2) is 14.4. The summed E-state index contributed by atoms with van der Waals surface area (Å²) in [5.41, 5.74) is 8.31. The molecule has 1 aromatic heterocycles. The minimum absolute atomic E-state index is 0.0636. The van der Waals surface area contributed by atoms with E-state index in [-0.39, 0.29) is 29.2 Å². The number of carbonyl (C=O) groups is 1. The number of hydrogen-bond acceptors (Lipinski definition) is 4.